The van der Waals surface area contributed by atoms with Crippen LogP contribution in [-0.4, -0.2) is 86.5 Å². The Balaban J connectivity index is 1.81. The first-order valence-corrected chi connectivity index (χ1v) is 13.2. The first-order valence-electron chi connectivity index (χ1n) is 13.2. The fraction of sp³-hybridized carbons (Fsp3) is 0.621. The van der Waals surface area contributed by atoms with E-state index in [0.717, 1.165) is 0 Å². The van der Waals surface area contributed by atoms with E-state index in [1.165, 1.54) is 26.0 Å². The highest BCUT2D eigenvalue weighted by molar-refractivity contribution is 5.94. The van der Waals surface area contributed by atoms with Gasteiger partial charge in [0.15, 0.2) is 11.4 Å². The number of fused-ring (bicyclic) bond motifs is 5. The minimum Gasteiger partial charge on any atom is -0.455 e. The maximum Gasteiger partial charge on any atom is 0.338 e. The lowest BCUT2D eigenvalue weighted by molar-refractivity contribution is -0.345. The Bertz CT molecular complexity index is 1240. The Morgan fingerprint density at radius 3 is 2.28 bits per heavy atom. The molecule has 1 heterocycles. The van der Waals surface area contributed by atoms with Crippen LogP contribution in [0, 0.1) is 16.7 Å². The molecule has 10 heteroatoms. The third-order valence-corrected chi connectivity index (χ3v) is 9.95. The van der Waals surface area contributed by atoms with Crippen LogP contribution in [0.25, 0.3) is 0 Å². The Morgan fingerprint density at radius 1 is 1.08 bits per heavy atom. The van der Waals surface area contributed by atoms with E-state index in [4.69, 9.17) is 14.2 Å². The van der Waals surface area contributed by atoms with Crippen LogP contribution in [0.3, 0.4) is 0 Å². The number of ketones is 1. The molecule has 5 rings (SSSR count). The number of benzene rings is 1. The number of hydrogen-bond acceptors (Lipinski definition) is 10. The summed E-state index contributed by atoms with van der Waals surface area (Å²) in [6, 6.07) is 8.08. The van der Waals surface area contributed by atoms with Crippen molar-refractivity contribution in [2.75, 3.05) is 6.61 Å². The van der Waals surface area contributed by atoms with Crippen LogP contribution in [-0.2, 0) is 23.8 Å². The van der Waals surface area contributed by atoms with Gasteiger partial charge < -0.3 is 34.6 Å². The smallest absolute Gasteiger partial charge is 0.338 e. The van der Waals surface area contributed by atoms with Crippen molar-refractivity contribution < 1.29 is 49.0 Å². The quantitative estimate of drug-likeness (QED) is 0.320. The molecule has 1 saturated heterocycles. The molecule has 0 radical (unpaired) electrons. The summed E-state index contributed by atoms with van der Waals surface area (Å²) < 4.78 is 17.7. The molecule has 0 amide bonds. The fourth-order valence-electron chi connectivity index (χ4n) is 7.66. The summed E-state index contributed by atoms with van der Waals surface area (Å²) in [6.07, 6.45) is -7.26. The normalized spacial score (nSPS) is 42.7. The molecule has 4 N–H and O–H groups in total. The van der Waals surface area contributed by atoms with Gasteiger partial charge >= 0.3 is 11.9 Å². The van der Waals surface area contributed by atoms with E-state index in [2.05, 4.69) is 0 Å². The average Bonchev–Trinajstić information content (AvgIpc) is 2.87. The summed E-state index contributed by atoms with van der Waals surface area (Å²) in [5.74, 6) is -3.60. The van der Waals surface area contributed by atoms with Gasteiger partial charge in [0.25, 0.3) is 0 Å². The van der Waals surface area contributed by atoms with Gasteiger partial charge in [-0.15, -0.1) is 0 Å². The van der Waals surface area contributed by atoms with E-state index < -0.39 is 76.2 Å². The fourth-order valence-corrected chi connectivity index (χ4v) is 7.66. The number of Topliss-reactive ketones (excluding diaryl/α,β-unsaturated/α-hetero) is 1. The molecule has 0 aromatic heterocycles. The Kier molecular flexibility index (Phi) is 6.40. The lowest BCUT2D eigenvalue weighted by Gasteiger charge is -2.67. The summed E-state index contributed by atoms with van der Waals surface area (Å²) in [6.45, 7) is 7.29. The third-order valence-electron chi connectivity index (χ3n) is 9.95. The van der Waals surface area contributed by atoms with Gasteiger partial charge in [-0.25, -0.2) is 4.79 Å². The van der Waals surface area contributed by atoms with Crippen LogP contribution >= 0.6 is 0 Å². The van der Waals surface area contributed by atoms with Crippen molar-refractivity contribution in [1.82, 2.24) is 0 Å². The van der Waals surface area contributed by atoms with E-state index in [0.29, 0.717) is 5.57 Å². The van der Waals surface area contributed by atoms with Crippen molar-refractivity contribution in [2.45, 2.75) is 89.2 Å². The second kappa shape index (κ2) is 8.94. The summed E-state index contributed by atoms with van der Waals surface area (Å²) in [5.41, 5.74) is -6.24. The van der Waals surface area contributed by atoms with Crippen molar-refractivity contribution >= 4 is 17.7 Å². The van der Waals surface area contributed by atoms with Crippen LogP contribution in [0.4, 0.5) is 0 Å². The van der Waals surface area contributed by atoms with E-state index in [-0.39, 0.29) is 30.6 Å². The highest BCUT2D eigenvalue weighted by Crippen LogP contribution is 2.63. The lowest BCUT2D eigenvalue weighted by Crippen LogP contribution is -2.81. The second-order valence-electron chi connectivity index (χ2n) is 12.2. The summed E-state index contributed by atoms with van der Waals surface area (Å²) in [4.78, 5) is 40.3. The van der Waals surface area contributed by atoms with E-state index in [9.17, 15) is 34.8 Å². The van der Waals surface area contributed by atoms with Crippen LogP contribution in [0.15, 0.2) is 41.5 Å². The van der Waals surface area contributed by atoms with E-state index in [1.54, 1.807) is 39.0 Å². The van der Waals surface area contributed by atoms with Crippen molar-refractivity contribution in [3.8, 4) is 0 Å². The van der Waals surface area contributed by atoms with Gasteiger partial charge in [0.2, 0.25) is 0 Å². The molecule has 0 unspecified atom stereocenters. The zero-order valence-electron chi connectivity index (χ0n) is 22.7. The predicted molar refractivity (Wildman–Crippen MR) is 135 cm³/mol. The van der Waals surface area contributed by atoms with E-state index in [1.807, 2.05) is 0 Å². The second-order valence-corrected chi connectivity index (χ2v) is 12.2. The molecular weight excluding hydrogens is 508 g/mol. The standard InChI is InChI=1S/C29H36O10/c1-14-17(31)12-29(36)24(38-25(35)16-9-7-6-8-10-16)22-27(5,23(34)21(33)20(14)26(29,3)4)18(32)11-19-28(22,13-37-19)39-15(2)30/h6-10,17-19,21-22,24,31-33,36H,11-13H2,1-5H3/t17-,18-,19-,21+,22-,24+,27+,28-,29-/m1/s1. The van der Waals surface area contributed by atoms with Gasteiger partial charge in [0, 0.05) is 25.2 Å². The molecule has 1 aromatic rings. The summed E-state index contributed by atoms with van der Waals surface area (Å²) >= 11 is 0. The molecule has 3 fully saturated rings. The Labute approximate surface area is 226 Å². The molecule has 39 heavy (non-hydrogen) atoms. The Hall–Kier alpha value is -2.63. The molecule has 3 aliphatic carbocycles. The van der Waals surface area contributed by atoms with Crippen molar-refractivity contribution in [3.63, 3.8) is 0 Å². The van der Waals surface area contributed by atoms with Gasteiger partial charge in [-0.3, -0.25) is 9.59 Å². The molecule has 1 aromatic carbocycles. The van der Waals surface area contributed by atoms with Crippen LogP contribution < -0.4 is 0 Å². The van der Waals surface area contributed by atoms with Gasteiger partial charge in [0.1, 0.15) is 23.9 Å². The largest absolute Gasteiger partial charge is 0.455 e. The van der Waals surface area contributed by atoms with Gasteiger partial charge in [-0.1, -0.05) is 32.0 Å². The number of hydrogen-bond donors (Lipinski definition) is 4. The van der Waals surface area contributed by atoms with Gasteiger partial charge in [-0.05, 0) is 37.1 Å². The first-order chi connectivity index (χ1) is 18.1. The van der Waals surface area contributed by atoms with Crippen molar-refractivity contribution in [2.24, 2.45) is 16.7 Å². The monoisotopic (exact) mass is 544 g/mol. The van der Waals surface area contributed by atoms with Crippen LogP contribution in [0.5, 0.6) is 0 Å². The SMILES string of the molecule is CC(=O)O[C@]12CO[C@@H]1C[C@@H](O)[C@]1(C)C(=O)[C@@H](O)C3=C(C)[C@H](O)C[C@@](O)([C@@H](OC(=O)c4ccccc4)[C@@H]21)C3(C)C. The number of aliphatic hydroxyl groups is 4. The van der Waals surface area contributed by atoms with Gasteiger partial charge in [-0.2, -0.15) is 0 Å². The zero-order valence-corrected chi connectivity index (χ0v) is 22.7. The highest BCUT2D eigenvalue weighted by atomic mass is 16.6. The molecule has 212 valence electrons. The van der Waals surface area contributed by atoms with E-state index >= 15 is 0 Å². The van der Waals surface area contributed by atoms with Crippen molar-refractivity contribution in [1.29, 1.82) is 0 Å². The molecule has 1 aliphatic heterocycles. The molecule has 2 bridgehead atoms. The zero-order chi connectivity index (χ0) is 28.7. The van der Waals surface area contributed by atoms with Gasteiger partial charge in [0.05, 0.1) is 35.7 Å². The van der Waals surface area contributed by atoms with Crippen LogP contribution in [0.1, 0.15) is 57.8 Å². The minimum atomic E-state index is -2.07. The maximum atomic E-state index is 14.3. The first kappa shape index (κ1) is 27.9. The number of carbonyl (C=O) groups excluding carboxylic acids is 3. The predicted octanol–water partition coefficient (Wildman–Crippen LogP) is 1.08. The molecular formula is C29H36O10. The number of rotatable bonds is 3. The minimum absolute atomic E-state index is 0.0828. The summed E-state index contributed by atoms with van der Waals surface area (Å²) in [7, 11) is 0. The highest BCUT2D eigenvalue weighted by Gasteiger charge is 2.77. The molecule has 10 nitrogen and oxygen atoms in total. The molecule has 0 spiro atoms. The van der Waals surface area contributed by atoms with Crippen LogP contribution in [0.2, 0.25) is 0 Å². The molecule has 2 saturated carbocycles. The number of aliphatic hydroxyl groups excluding tert-OH is 3. The topological polar surface area (TPSA) is 160 Å². The number of esters is 2. The molecule has 4 aliphatic rings. The number of carbonyl (C=O) groups is 3. The third kappa shape index (κ3) is 3.62. The van der Waals surface area contributed by atoms with Crippen molar-refractivity contribution in [3.05, 3.63) is 47.0 Å². The molecule has 9 atom stereocenters. The Morgan fingerprint density at radius 2 is 1.72 bits per heavy atom. The maximum absolute atomic E-state index is 14.3. The number of ether oxygens (including phenoxy) is 3. The average molecular weight is 545 g/mol. The lowest BCUT2D eigenvalue weighted by atomic mass is 9.44. The summed E-state index contributed by atoms with van der Waals surface area (Å²) in [5, 5.41) is 46.7.